The molecule has 0 saturated carbocycles. The van der Waals surface area contributed by atoms with Crippen LogP contribution < -0.4 is 16.5 Å². The summed E-state index contributed by atoms with van der Waals surface area (Å²) >= 11 is 0. The Morgan fingerprint density at radius 2 is 2.33 bits per heavy atom. The molecular formula is C2H9N3O. The second-order valence-corrected chi connectivity index (χ2v) is 0.767. The third-order valence-electron chi connectivity index (χ3n) is 0.321. The molecule has 0 rings (SSSR count). The van der Waals surface area contributed by atoms with E-state index in [1.54, 1.807) is 5.59 Å². The van der Waals surface area contributed by atoms with Gasteiger partial charge in [-0.05, 0) is 0 Å². The fraction of sp³-hybridized carbons (Fsp3) is 1.00. The van der Waals surface area contributed by atoms with Crippen LogP contribution in [0, 0.1) is 0 Å². The van der Waals surface area contributed by atoms with Crippen LogP contribution in [-0.2, 0) is 0 Å². The van der Waals surface area contributed by atoms with E-state index in [4.69, 9.17) is 5.21 Å². The van der Waals surface area contributed by atoms with E-state index in [-0.39, 0.29) is 0 Å². The lowest BCUT2D eigenvalue weighted by molar-refractivity contribution is 0.102. The van der Waals surface area contributed by atoms with Crippen molar-refractivity contribution in [3.8, 4) is 0 Å². The van der Waals surface area contributed by atoms with E-state index < -0.39 is 0 Å². The zero-order valence-electron chi connectivity index (χ0n) is 3.65. The van der Waals surface area contributed by atoms with E-state index in [1.807, 2.05) is 6.92 Å². The van der Waals surface area contributed by atoms with Crippen LogP contribution in [-0.4, -0.2) is 11.8 Å². The van der Waals surface area contributed by atoms with Crippen LogP contribution in [0.1, 0.15) is 6.92 Å². The molecule has 0 unspecified atom stereocenters. The highest BCUT2D eigenvalue weighted by molar-refractivity contribution is 4.16. The summed E-state index contributed by atoms with van der Waals surface area (Å²) in [6.07, 6.45) is 0. The van der Waals surface area contributed by atoms with Gasteiger partial charge in [-0.3, -0.25) is 0 Å². The first-order valence-corrected chi connectivity index (χ1v) is 1.78. The summed E-state index contributed by atoms with van der Waals surface area (Å²) in [5.74, 6) is 0. The molecule has 0 saturated heterocycles. The van der Waals surface area contributed by atoms with E-state index in [0.29, 0.717) is 0 Å². The quantitative estimate of drug-likeness (QED) is 0.266. The van der Waals surface area contributed by atoms with E-state index in [0.717, 1.165) is 6.54 Å². The summed E-state index contributed by atoms with van der Waals surface area (Å²) in [7, 11) is 0. The van der Waals surface area contributed by atoms with Crippen molar-refractivity contribution in [3.05, 3.63) is 0 Å². The van der Waals surface area contributed by atoms with Crippen molar-refractivity contribution in [1.82, 2.24) is 16.5 Å². The molecule has 0 spiro atoms. The van der Waals surface area contributed by atoms with Gasteiger partial charge in [0, 0.05) is 6.54 Å². The van der Waals surface area contributed by atoms with Crippen LogP contribution in [0.3, 0.4) is 0 Å². The molecule has 0 aromatic rings. The monoisotopic (exact) mass is 91.1 g/mol. The molecule has 4 heteroatoms. The van der Waals surface area contributed by atoms with Crippen molar-refractivity contribution in [2.24, 2.45) is 0 Å². The van der Waals surface area contributed by atoms with Gasteiger partial charge in [0.15, 0.2) is 0 Å². The first kappa shape index (κ1) is 5.84. The smallest absolute Gasteiger partial charge is 0.00853 e. The third kappa shape index (κ3) is 3.84. The summed E-state index contributed by atoms with van der Waals surface area (Å²) in [4.78, 5) is 0. The minimum atomic E-state index is 0.771. The molecule has 0 aliphatic rings. The molecule has 0 aliphatic carbocycles. The molecule has 0 heterocycles. The van der Waals surface area contributed by atoms with Crippen molar-refractivity contribution in [3.63, 3.8) is 0 Å². The molecule has 4 N–H and O–H groups in total. The molecule has 38 valence electrons. The second-order valence-electron chi connectivity index (χ2n) is 0.767. The topological polar surface area (TPSA) is 56.3 Å². The Balaban J connectivity index is 2.34. The summed E-state index contributed by atoms with van der Waals surface area (Å²) < 4.78 is 0. The SMILES string of the molecule is CCNNNO. The van der Waals surface area contributed by atoms with Crippen molar-refractivity contribution < 1.29 is 5.21 Å². The minimum Gasteiger partial charge on any atom is -0.301 e. The number of rotatable bonds is 3. The summed E-state index contributed by atoms with van der Waals surface area (Å²) in [5, 5.41) is 7.77. The highest BCUT2D eigenvalue weighted by Crippen LogP contribution is 1.36. The molecule has 0 aromatic carbocycles. The molecule has 0 bridgehead atoms. The Labute approximate surface area is 36.4 Å². The molecule has 6 heavy (non-hydrogen) atoms. The van der Waals surface area contributed by atoms with Crippen molar-refractivity contribution in [1.29, 1.82) is 0 Å². The van der Waals surface area contributed by atoms with Crippen molar-refractivity contribution in [2.75, 3.05) is 6.54 Å². The van der Waals surface area contributed by atoms with Crippen molar-refractivity contribution >= 4 is 0 Å². The van der Waals surface area contributed by atoms with Gasteiger partial charge in [0.05, 0.1) is 0 Å². The van der Waals surface area contributed by atoms with Crippen molar-refractivity contribution in [2.45, 2.75) is 6.92 Å². The predicted octanol–water partition coefficient (Wildman–Crippen LogP) is -1.01. The first-order chi connectivity index (χ1) is 2.91. The Bertz CT molecular complexity index is 20.8. The Morgan fingerprint density at radius 3 is 2.50 bits per heavy atom. The Hall–Kier alpha value is -0.160. The maximum absolute atomic E-state index is 7.77. The highest BCUT2D eigenvalue weighted by Gasteiger charge is 1.66. The van der Waals surface area contributed by atoms with Crippen LogP contribution in [0.5, 0.6) is 0 Å². The molecule has 4 nitrogen and oxygen atoms in total. The zero-order chi connectivity index (χ0) is 4.83. The van der Waals surface area contributed by atoms with E-state index in [2.05, 4.69) is 11.0 Å². The van der Waals surface area contributed by atoms with E-state index in [1.165, 1.54) is 0 Å². The lowest BCUT2D eigenvalue weighted by atomic mass is 10.8. The summed E-state index contributed by atoms with van der Waals surface area (Å²) in [5.41, 5.74) is 6.55. The molecule has 0 radical (unpaired) electrons. The van der Waals surface area contributed by atoms with Gasteiger partial charge in [-0.15, -0.1) is 5.59 Å². The zero-order valence-corrected chi connectivity index (χ0v) is 3.65. The third-order valence-corrected chi connectivity index (χ3v) is 0.321. The van der Waals surface area contributed by atoms with Crippen LogP contribution in [0.25, 0.3) is 0 Å². The second kappa shape index (κ2) is 4.84. The van der Waals surface area contributed by atoms with E-state index in [9.17, 15) is 0 Å². The Kier molecular flexibility index (Phi) is 4.71. The molecule has 0 amide bonds. The van der Waals surface area contributed by atoms with Crippen LogP contribution >= 0.6 is 0 Å². The number of hydrazine groups is 2. The van der Waals surface area contributed by atoms with Gasteiger partial charge < -0.3 is 5.21 Å². The van der Waals surface area contributed by atoms with Crippen LogP contribution in [0.15, 0.2) is 0 Å². The summed E-state index contributed by atoms with van der Waals surface area (Å²) in [6.45, 7) is 2.68. The maximum Gasteiger partial charge on any atom is 0.00853 e. The van der Waals surface area contributed by atoms with Gasteiger partial charge in [-0.2, -0.15) is 5.53 Å². The fourth-order valence-electron chi connectivity index (χ4n) is 0.128. The lowest BCUT2D eigenvalue weighted by Crippen LogP contribution is -2.40. The largest absolute Gasteiger partial charge is 0.301 e. The average molecular weight is 91.1 g/mol. The van der Waals surface area contributed by atoms with Gasteiger partial charge in [-0.25, -0.2) is 5.43 Å². The number of hydrogen-bond donors (Lipinski definition) is 4. The van der Waals surface area contributed by atoms with E-state index >= 15 is 0 Å². The normalized spacial score (nSPS) is 9.00. The fourth-order valence-corrected chi connectivity index (χ4v) is 0.128. The molecular weight excluding hydrogens is 82.0 g/mol. The maximum atomic E-state index is 7.77. The average Bonchev–Trinajstić information content (AvgIpc) is 1.61. The van der Waals surface area contributed by atoms with Gasteiger partial charge in [0.1, 0.15) is 0 Å². The van der Waals surface area contributed by atoms with Gasteiger partial charge >= 0.3 is 0 Å². The van der Waals surface area contributed by atoms with Crippen LogP contribution in [0.4, 0.5) is 0 Å². The Morgan fingerprint density at radius 1 is 1.67 bits per heavy atom. The number of hydrogen-bond acceptors (Lipinski definition) is 4. The highest BCUT2D eigenvalue weighted by atomic mass is 16.5. The predicted molar refractivity (Wildman–Crippen MR) is 21.7 cm³/mol. The lowest BCUT2D eigenvalue weighted by Gasteiger charge is -1.96. The summed E-state index contributed by atoms with van der Waals surface area (Å²) in [6, 6.07) is 0. The number of nitrogens with one attached hydrogen (secondary N) is 3. The molecule has 0 aliphatic heterocycles. The minimum absolute atomic E-state index is 0.771. The first-order valence-electron chi connectivity index (χ1n) is 1.78. The van der Waals surface area contributed by atoms with Crippen LogP contribution in [0.2, 0.25) is 0 Å². The molecule has 0 aromatic heterocycles. The van der Waals surface area contributed by atoms with Gasteiger partial charge in [0.25, 0.3) is 0 Å². The van der Waals surface area contributed by atoms with Gasteiger partial charge in [-0.1, -0.05) is 6.92 Å². The molecule has 0 fully saturated rings. The van der Waals surface area contributed by atoms with Gasteiger partial charge in [0.2, 0.25) is 0 Å². The molecule has 0 atom stereocenters. The standard InChI is InChI=1S/C2H9N3O/c1-2-3-4-5-6/h3-6H,2H2,1H3.